The summed E-state index contributed by atoms with van der Waals surface area (Å²) < 4.78 is 0. The van der Waals surface area contributed by atoms with Gasteiger partial charge in [-0.1, -0.05) is 6.07 Å². The van der Waals surface area contributed by atoms with Crippen LogP contribution in [0.1, 0.15) is 17.3 Å². The molecule has 0 aliphatic carbocycles. The zero-order valence-electron chi connectivity index (χ0n) is 17.1. The van der Waals surface area contributed by atoms with Crippen LogP contribution >= 0.6 is 0 Å². The summed E-state index contributed by atoms with van der Waals surface area (Å²) >= 11 is 0. The van der Waals surface area contributed by atoms with Gasteiger partial charge in [0.1, 0.15) is 5.82 Å². The fourth-order valence-corrected chi connectivity index (χ4v) is 3.46. The number of pyridine rings is 1. The van der Waals surface area contributed by atoms with Crippen molar-refractivity contribution >= 4 is 51.3 Å². The molecule has 0 spiro atoms. The number of rotatable bonds is 6. The van der Waals surface area contributed by atoms with Gasteiger partial charge >= 0.3 is 0 Å². The normalized spacial score (nSPS) is 10.6. The average molecular weight is 414 g/mol. The van der Waals surface area contributed by atoms with E-state index in [0.717, 1.165) is 22.3 Å². The highest BCUT2D eigenvalue weighted by Gasteiger charge is 2.17. The van der Waals surface area contributed by atoms with Crippen LogP contribution in [0.2, 0.25) is 0 Å². The summed E-state index contributed by atoms with van der Waals surface area (Å²) in [7, 11) is 1.88. The van der Waals surface area contributed by atoms with E-state index in [0.29, 0.717) is 22.8 Å². The Bertz CT molecular complexity index is 1260. The van der Waals surface area contributed by atoms with Crippen LogP contribution in [-0.4, -0.2) is 28.8 Å². The van der Waals surface area contributed by atoms with Crippen LogP contribution in [0, 0.1) is 0 Å². The number of nitrogens with zero attached hydrogens (tertiary/aromatic N) is 2. The van der Waals surface area contributed by atoms with Gasteiger partial charge in [-0.25, -0.2) is 4.98 Å². The van der Waals surface area contributed by atoms with Gasteiger partial charge < -0.3 is 26.3 Å². The molecule has 8 nitrogen and oxygen atoms in total. The van der Waals surface area contributed by atoms with E-state index in [2.05, 4.69) is 20.6 Å². The fraction of sp³-hybridized carbons (Fsp3) is 0.0870. The molecule has 2 aromatic heterocycles. The maximum atomic E-state index is 12.1. The first-order valence-corrected chi connectivity index (χ1v) is 9.67. The Kier molecular flexibility index (Phi) is 5.28. The molecule has 0 radical (unpaired) electrons. The number of hydrogen-bond acceptors (Lipinski definition) is 5. The molecule has 0 saturated heterocycles. The van der Waals surface area contributed by atoms with E-state index >= 15 is 0 Å². The van der Waals surface area contributed by atoms with Crippen molar-refractivity contribution in [1.29, 1.82) is 0 Å². The number of carbonyl (C=O) groups excluding carboxylic acids is 2. The van der Waals surface area contributed by atoms with Crippen molar-refractivity contribution in [2.45, 2.75) is 6.92 Å². The summed E-state index contributed by atoms with van der Waals surface area (Å²) in [6.07, 6.45) is 3.35. The molecule has 0 saturated carbocycles. The lowest BCUT2D eigenvalue weighted by Crippen LogP contribution is -2.19. The van der Waals surface area contributed by atoms with Crippen molar-refractivity contribution in [1.82, 2.24) is 9.97 Å². The van der Waals surface area contributed by atoms with Crippen LogP contribution in [0.3, 0.4) is 0 Å². The van der Waals surface area contributed by atoms with Crippen LogP contribution in [-0.2, 0) is 4.79 Å². The van der Waals surface area contributed by atoms with Crippen LogP contribution in [0.5, 0.6) is 0 Å². The van der Waals surface area contributed by atoms with Gasteiger partial charge in [-0.2, -0.15) is 0 Å². The maximum Gasteiger partial charge on any atom is 0.252 e. The van der Waals surface area contributed by atoms with Crippen molar-refractivity contribution in [3.8, 4) is 0 Å². The van der Waals surface area contributed by atoms with E-state index in [1.54, 1.807) is 18.2 Å². The third-order valence-corrected chi connectivity index (χ3v) is 4.92. The topological polar surface area (TPSA) is 116 Å². The van der Waals surface area contributed by atoms with Crippen LogP contribution < -0.4 is 21.3 Å². The molecule has 2 amide bonds. The molecule has 8 heteroatoms. The Morgan fingerprint density at radius 3 is 2.48 bits per heavy atom. The SMILES string of the molecule is CC(=O)Nc1ccc(Nc2cc(N(C)c3cccc4[nH]ccc34)c(C(N)=O)cn2)cc1. The number of nitrogens with one attached hydrogen (secondary N) is 3. The lowest BCUT2D eigenvalue weighted by Gasteiger charge is -2.23. The highest BCUT2D eigenvalue weighted by molar-refractivity contribution is 6.02. The third-order valence-electron chi connectivity index (χ3n) is 4.92. The molecular formula is C23H22N6O2. The number of benzene rings is 2. The van der Waals surface area contributed by atoms with Crippen molar-refractivity contribution in [3.05, 3.63) is 72.6 Å². The zero-order chi connectivity index (χ0) is 22.0. The number of fused-ring (bicyclic) bond motifs is 1. The Labute approximate surface area is 179 Å². The van der Waals surface area contributed by atoms with Crippen LogP contribution in [0.25, 0.3) is 10.9 Å². The third kappa shape index (κ3) is 4.18. The van der Waals surface area contributed by atoms with Gasteiger partial charge in [0.05, 0.1) is 16.9 Å². The molecule has 2 aromatic carbocycles. The maximum absolute atomic E-state index is 12.1. The van der Waals surface area contributed by atoms with Gasteiger partial charge in [0.2, 0.25) is 5.91 Å². The first-order valence-electron chi connectivity index (χ1n) is 9.67. The van der Waals surface area contributed by atoms with Gasteiger partial charge in [-0.15, -0.1) is 0 Å². The summed E-state index contributed by atoms with van der Waals surface area (Å²) in [5, 5.41) is 6.98. The number of aromatic nitrogens is 2. The Morgan fingerprint density at radius 1 is 1.03 bits per heavy atom. The Balaban J connectivity index is 1.67. The smallest absolute Gasteiger partial charge is 0.252 e. The summed E-state index contributed by atoms with van der Waals surface area (Å²) in [5.41, 5.74) is 9.99. The zero-order valence-corrected chi connectivity index (χ0v) is 17.1. The van der Waals surface area contributed by atoms with Gasteiger partial charge in [0, 0.05) is 54.7 Å². The van der Waals surface area contributed by atoms with Crippen molar-refractivity contribution in [3.63, 3.8) is 0 Å². The molecule has 0 aliphatic rings. The Hall–Kier alpha value is -4.33. The van der Waals surface area contributed by atoms with Gasteiger partial charge in [-0.3, -0.25) is 9.59 Å². The molecule has 0 fully saturated rings. The monoisotopic (exact) mass is 414 g/mol. The molecule has 0 unspecified atom stereocenters. The number of carbonyl (C=O) groups is 2. The molecule has 5 N–H and O–H groups in total. The minimum atomic E-state index is -0.554. The van der Waals surface area contributed by atoms with Gasteiger partial charge in [0.25, 0.3) is 5.91 Å². The fourth-order valence-electron chi connectivity index (χ4n) is 3.46. The van der Waals surface area contributed by atoms with E-state index in [1.807, 2.05) is 54.5 Å². The predicted molar refractivity (Wildman–Crippen MR) is 123 cm³/mol. The minimum Gasteiger partial charge on any atom is -0.365 e. The molecule has 0 atom stereocenters. The number of nitrogens with two attached hydrogens (primary N) is 1. The summed E-state index contributed by atoms with van der Waals surface area (Å²) in [4.78, 5) is 32.7. The van der Waals surface area contributed by atoms with E-state index in [1.165, 1.54) is 13.1 Å². The molecule has 31 heavy (non-hydrogen) atoms. The minimum absolute atomic E-state index is 0.130. The van der Waals surface area contributed by atoms with E-state index in [9.17, 15) is 9.59 Å². The second kappa shape index (κ2) is 8.19. The average Bonchev–Trinajstić information content (AvgIpc) is 3.23. The number of hydrogen-bond donors (Lipinski definition) is 4. The molecule has 0 bridgehead atoms. The lowest BCUT2D eigenvalue weighted by atomic mass is 10.1. The molecular weight excluding hydrogens is 392 g/mol. The van der Waals surface area contributed by atoms with Gasteiger partial charge in [-0.05, 0) is 42.5 Å². The largest absolute Gasteiger partial charge is 0.365 e. The Morgan fingerprint density at radius 2 is 1.77 bits per heavy atom. The van der Waals surface area contributed by atoms with Crippen molar-refractivity contribution < 1.29 is 9.59 Å². The predicted octanol–water partition coefficient (Wildman–Crippen LogP) is 4.13. The van der Waals surface area contributed by atoms with Crippen LogP contribution in [0.15, 0.2) is 67.0 Å². The first kappa shape index (κ1) is 20.0. The number of H-pyrrole nitrogens is 1. The number of aromatic amines is 1. The number of primary amides is 1. The quantitative estimate of drug-likeness (QED) is 0.379. The standard InChI is InChI=1S/C23H22N6O2/c1-14(30)27-15-6-8-16(9-7-15)28-22-12-21(18(13-26-22)23(24)31)29(2)20-5-3-4-19-17(20)10-11-25-19/h3-13,25H,1-2H3,(H2,24,31)(H,26,28)(H,27,30). The summed E-state index contributed by atoms with van der Waals surface area (Å²) in [6, 6.07) is 16.9. The number of anilines is 5. The second-order valence-corrected chi connectivity index (χ2v) is 7.11. The highest BCUT2D eigenvalue weighted by Crippen LogP contribution is 2.34. The van der Waals surface area contributed by atoms with E-state index in [4.69, 9.17) is 5.73 Å². The number of amides is 2. The molecule has 2 heterocycles. The lowest BCUT2D eigenvalue weighted by molar-refractivity contribution is -0.114. The molecule has 156 valence electrons. The molecule has 4 aromatic rings. The molecule has 4 rings (SSSR count). The van der Waals surface area contributed by atoms with Gasteiger partial charge in [0.15, 0.2) is 0 Å². The van der Waals surface area contributed by atoms with Crippen molar-refractivity contribution in [2.24, 2.45) is 5.73 Å². The molecule has 0 aliphatic heterocycles. The second-order valence-electron chi connectivity index (χ2n) is 7.11. The first-order chi connectivity index (χ1) is 14.9. The van der Waals surface area contributed by atoms with Crippen molar-refractivity contribution in [2.75, 3.05) is 22.6 Å². The summed E-state index contributed by atoms with van der Waals surface area (Å²) in [5.74, 6) is -0.128. The van der Waals surface area contributed by atoms with E-state index < -0.39 is 5.91 Å². The van der Waals surface area contributed by atoms with E-state index in [-0.39, 0.29) is 5.91 Å². The highest BCUT2D eigenvalue weighted by atomic mass is 16.1. The summed E-state index contributed by atoms with van der Waals surface area (Å²) in [6.45, 7) is 1.46. The van der Waals surface area contributed by atoms with Crippen LogP contribution in [0.4, 0.5) is 28.6 Å².